The number of rotatable bonds is 12. The molecule has 0 spiro atoms. The minimum atomic E-state index is -4.50. The monoisotopic (exact) mass is 783 g/mol. The van der Waals surface area contributed by atoms with Crippen LogP contribution in [-0.4, -0.2) is 72.7 Å². The minimum absolute atomic E-state index is 0.110. The van der Waals surface area contributed by atoms with Crippen molar-refractivity contribution in [2.45, 2.75) is 42.5 Å². The molecule has 15 heteroatoms. The van der Waals surface area contributed by atoms with Crippen molar-refractivity contribution in [2.75, 3.05) is 38.0 Å². The fourth-order valence-corrected chi connectivity index (χ4v) is 7.55. The molecule has 1 aliphatic heterocycles. The highest BCUT2D eigenvalue weighted by Crippen LogP contribution is 2.30. The van der Waals surface area contributed by atoms with Crippen molar-refractivity contribution in [3.8, 4) is 17.5 Å². The Morgan fingerprint density at radius 3 is 2.34 bits per heavy atom. The average Bonchev–Trinajstić information content (AvgIpc) is 3.65. The quantitative estimate of drug-likeness (QED) is 0.128. The number of piperidine rings is 1. The van der Waals surface area contributed by atoms with E-state index in [0.29, 0.717) is 42.0 Å². The van der Waals surface area contributed by atoms with E-state index in [0.717, 1.165) is 37.3 Å². The standard InChI is InChI=1S/C41H40F3N7O4S/c42-41(43,44)34-12-15-37(16-13-34)51-25-19-36(49-51)29-56(54,55)38-17-14-35(48-40(53)47-21-18-31-5-4-20-45-28-31)27-33(38)11-8-30-6-9-32(10-7-30)39(52)46-22-26-50-23-2-1-3-24-50/h4-7,9-10,12-17,19-20,25,27-28H,1-3,18,21-24,26,29H2,(H,46,52)(H2,47,48,53). The van der Waals surface area contributed by atoms with Crippen LogP contribution in [0.2, 0.25) is 0 Å². The van der Waals surface area contributed by atoms with Gasteiger partial charge in [0.25, 0.3) is 5.91 Å². The molecular formula is C41H40F3N7O4S. The van der Waals surface area contributed by atoms with Gasteiger partial charge in [0.1, 0.15) is 0 Å². The van der Waals surface area contributed by atoms with Crippen molar-refractivity contribution >= 4 is 27.5 Å². The molecular weight excluding hydrogens is 744 g/mol. The van der Waals surface area contributed by atoms with Crippen LogP contribution in [0.25, 0.3) is 5.69 Å². The van der Waals surface area contributed by atoms with Gasteiger partial charge in [-0.3, -0.25) is 9.78 Å². The number of aromatic nitrogens is 3. The number of anilines is 1. The van der Waals surface area contributed by atoms with Crippen LogP contribution in [0.4, 0.5) is 23.7 Å². The first kappa shape index (κ1) is 39.7. The molecule has 0 atom stereocenters. The summed E-state index contributed by atoms with van der Waals surface area (Å²) in [5.74, 6) is 5.18. The number of nitrogens with zero attached hydrogens (tertiary/aromatic N) is 4. The van der Waals surface area contributed by atoms with Crippen LogP contribution >= 0.6 is 0 Å². The van der Waals surface area contributed by atoms with E-state index in [-0.39, 0.29) is 22.1 Å². The summed E-state index contributed by atoms with van der Waals surface area (Å²) in [6.07, 6.45) is 4.49. The van der Waals surface area contributed by atoms with Crippen molar-refractivity contribution in [1.29, 1.82) is 0 Å². The summed E-state index contributed by atoms with van der Waals surface area (Å²) in [6.45, 7) is 3.76. The zero-order valence-corrected chi connectivity index (χ0v) is 31.2. The number of nitrogens with one attached hydrogen (secondary N) is 3. The summed E-state index contributed by atoms with van der Waals surface area (Å²) < 4.78 is 68.1. The van der Waals surface area contributed by atoms with E-state index in [4.69, 9.17) is 0 Å². The van der Waals surface area contributed by atoms with E-state index in [1.807, 2.05) is 12.1 Å². The molecule has 3 aromatic carbocycles. The van der Waals surface area contributed by atoms with Gasteiger partial charge < -0.3 is 20.9 Å². The summed E-state index contributed by atoms with van der Waals surface area (Å²) in [6, 6.07) is 19.9. The summed E-state index contributed by atoms with van der Waals surface area (Å²) >= 11 is 0. The topological polar surface area (TPSA) is 138 Å². The molecule has 11 nitrogen and oxygen atoms in total. The van der Waals surface area contributed by atoms with Crippen LogP contribution < -0.4 is 16.0 Å². The molecule has 0 aliphatic carbocycles. The van der Waals surface area contributed by atoms with Crippen molar-refractivity contribution in [1.82, 2.24) is 30.3 Å². The highest BCUT2D eigenvalue weighted by atomic mass is 32.2. The molecule has 3 N–H and O–H groups in total. The maximum atomic E-state index is 13.9. The van der Waals surface area contributed by atoms with Gasteiger partial charge in [-0.2, -0.15) is 18.3 Å². The van der Waals surface area contributed by atoms with E-state index < -0.39 is 33.4 Å². The molecule has 6 rings (SSSR count). The number of likely N-dealkylation sites (tertiary alicyclic amines) is 1. The fraction of sp³-hybridized carbons (Fsp3) is 0.268. The first-order valence-electron chi connectivity index (χ1n) is 18.1. The summed E-state index contributed by atoms with van der Waals surface area (Å²) in [7, 11) is -4.09. The predicted molar refractivity (Wildman–Crippen MR) is 206 cm³/mol. The molecule has 5 aromatic rings. The van der Waals surface area contributed by atoms with Crippen LogP contribution in [0.3, 0.4) is 0 Å². The summed E-state index contributed by atoms with van der Waals surface area (Å²) in [4.78, 5) is 31.8. The number of benzene rings is 3. The lowest BCUT2D eigenvalue weighted by Crippen LogP contribution is -2.37. The smallest absolute Gasteiger partial charge is 0.351 e. The Labute approximate surface area is 323 Å². The molecule has 2 aromatic heterocycles. The lowest BCUT2D eigenvalue weighted by molar-refractivity contribution is -0.137. The lowest BCUT2D eigenvalue weighted by atomic mass is 10.1. The Hall–Kier alpha value is -5.98. The molecule has 3 amide bonds. The zero-order chi connectivity index (χ0) is 39.5. The fourth-order valence-electron chi connectivity index (χ4n) is 6.13. The molecule has 1 saturated heterocycles. The van der Waals surface area contributed by atoms with Crippen LogP contribution in [0, 0.1) is 11.8 Å². The Kier molecular flexibility index (Phi) is 12.8. The Bertz CT molecular complexity index is 2300. The van der Waals surface area contributed by atoms with Gasteiger partial charge >= 0.3 is 12.2 Å². The van der Waals surface area contributed by atoms with E-state index in [1.165, 1.54) is 66.5 Å². The number of sulfone groups is 1. The molecule has 0 unspecified atom stereocenters. The number of halogens is 3. The average molecular weight is 784 g/mol. The second-order valence-corrected chi connectivity index (χ2v) is 15.2. The van der Waals surface area contributed by atoms with E-state index in [2.05, 4.69) is 42.8 Å². The molecule has 0 saturated carbocycles. The number of amides is 3. The van der Waals surface area contributed by atoms with Gasteiger partial charge in [0, 0.05) is 60.6 Å². The van der Waals surface area contributed by atoms with Gasteiger partial charge in [-0.15, -0.1) is 0 Å². The van der Waals surface area contributed by atoms with Gasteiger partial charge in [-0.25, -0.2) is 17.9 Å². The maximum absolute atomic E-state index is 13.9. The van der Waals surface area contributed by atoms with Crippen molar-refractivity contribution in [3.63, 3.8) is 0 Å². The van der Waals surface area contributed by atoms with Gasteiger partial charge in [0.2, 0.25) is 0 Å². The highest BCUT2D eigenvalue weighted by Gasteiger charge is 2.30. The Balaban J connectivity index is 1.18. The largest absolute Gasteiger partial charge is 0.416 e. The van der Waals surface area contributed by atoms with Crippen LogP contribution in [0.15, 0.2) is 108 Å². The van der Waals surface area contributed by atoms with Crippen molar-refractivity contribution in [3.05, 3.63) is 137 Å². The highest BCUT2D eigenvalue weighted by molar-refractivity contribution is 7.90. The number of pyridine rings is 1. The van der Waals surface area contributed by atoms with Gasteiger partial charge in [-0.05, 0) is 117 Å². The van der Waals surface area contributed by atoms with E-state index in [9.17, 15) is 31.2 Å². The van der Waals surface area contributed by atoms with Crippen LogP contribution in [-0.2, 0) is 28.2 Å². The number of hydrogen-bond donors (Lipinski definition) is 3. The molecule has 1 aliphatic rings. The Morgan fingerprint density at radius 1 is 0.857 bits per heavy atom. The van der Waals surface area contributed by atoms with Gasteiger partial charge in [-0.1, -0.05) is 24.3 Å². The second-order valence-electron chi connectivity index (χ2n) is 13.2. The van der Waals surface area contributed by atoms with Crippen molar-refractivity contribution in [2.24, 2.45) is 0 Å². The molecule has 290 valence electrons. The lowest BCUT2D eigenvalue weighted by Gasteiger charge is -2.26. The first-order valence-corrected chi connectivity index (χ1v) is 19.7. The zero-order valence-electron chi connectivity index (χ0n) is 30.4. The third kappa shape index (κ3) is 11.0. The second kappa shape index (κ2) is 18.1. The number of urea groups is 1. The molecule has 1 fully saturated rings. The first-order chi connectivity index (χ1) is 26.9. The molecule has 0 bridgehead atoms. The third-order valence-corrected chi connectivity index (χ3v) is 10.8. The third-order valence-electron chi connectivity index (χ3n) is 9.09. The molecule has 56 heavy (non-hydrogen) atoms. The van der Waals surface area contributed by atoms with Crippen molar-refractivity contribution < 1.29 is 31.2 Å². The molecule has 0 radical (unpaired) electrons. The maximum Gasteiger partial charge on any atom is 0.416 e. The normalized spacial score (nSPS) is 13.3. The van der Waals surface area contributed by atoms with Crippen LogP contribution in [0.5, 0.6) is 0 Å². The van der Waals surface area contributed by atoms with E-state index >= 15 is 0 Å². The summed E-state index contributed by atoms with van der Waals surface area (Å²) in [5, 5.41) is 12.7. The predicted octanol–water partition coefficient (Wildman–Crippen LogP) is 6.24. The molecule has 3 heterocycles. The number of carbonyl (C=O) groups is 2. The van der Waals surface area contributed by atoms with Crippen LogP contribution in [0.1, 0.15) is 57.6 Å². The minimum Gasteiger partial charge on any atom is -0.351 e. The van der Waals surface area contributed by atoms with E-state index in [1.54, 1.807) is 36.7 Å². The summed E-state index contributed by atoms with van der Waals surface area (Å²) in [5.41, 5.74) is 2.02. The SMILES string of the molecule is O=C(NCCc1cccnc1)Nc1ccc(S(=O)(=O)Cc2ccn(-c3ccc(C(F)(F)F)cc3)n2)c(C#Cc2ccc(C(=O)NCCN3CCCCC3)cc2)c1. The number of alkyl halides is 3. The van der Waals surface area contributed by atoms with Gasteiger partial charge in [0.15, 0.2) is 9.84 Å². The Morgan fingerprint density at radius 2 is 1.62 bits per heavy atom. The number of hydrogen-bond acceptors (Lipinski definition) is 7. The number of carbonyl (C=O) groups excluding carboxylic acids is 2. The van der Waals surface area contributed by atoms with Gasteiger partial charge in [0.05, 0.1) is 27.6 Å².